The second-order valence-corrected chi connectivity index (χ2v) is 10.8. The zero-order chi connectivity index (χ0) is 24.8. The number of nitrogens with one attached hydrogen (secondary N) is 2. The van der Waals surface area contributed by atoms with E-state index in [-0.39, 0.29) is 12.5 Å². The smallest absolute Gasteiger partial charge is 0.341 e. The van der Waals surface area contributed by atoms with Crippen LogP contribution in [0.2, 0.25) is 0 Å². The molecule has 180 valence electrons. The van der Waals surface area contributed by atoms with Crippen molar-refractivity contribution < 1.29 is 18.7 Å². The lowest BCUT2D eigenvalue weighted by atomic mass is 10.1. The lowest BCUT2D eigenvalue weighted by Crippen LogP contribution is -2.23. The molecule has 0 saturated heterocycles. The van der Waals surface area contributed by atoms with E-state index in [1.807, 2.05) is 30.3 Å². The predicted molar refractivity (Wildman–Crippen MR) is 139 cm³/mol. The van der Waals surface area contributed by atoms with E-state index in [0.29, 0.717) is 25.7 Å². The van der Waals surface area contributed by atoms with Crippen molar-refractivity contribution in [1.29, 1.82) is 0 Å². The highest BCUT2D eigenvalue weighted by molar-refractivity contribution is 8.02. The fourth-order valence-corrected chi connectivity index (χ4v) is 5.96. The number of ether oxygens (including phenoxy) is 1. The number of rotatable bonds is 9. The van der Waals surface area contributed by atoms with Gasteiger partial charge in [-0.05, 0) is 37.6 Å². The zero-order valence-corrected chi connectivity index (χ0v) is 21.2. The van der Waals surface area contributed by atoms with Crippen molar-refractivity contribution in [3.05, 3.63) is 72.0 Å². The number of nitrogens with zero attached hydrogens (tertiary/aromatic N) is 2. The third-order valence-corrected chi connectivity index (χ3v) is 7.81. The normalized spacial score (nSPS) is 11.6. The van der Waals surface area contributed by atoms with Crippen molar-refractivity contribution in [3.63, 3.8) is 0 Å². The summed E-state index contributed by atoms with van der Waals surface area (Å²) in [5, 5.41) is 14.2. The third-order valence-electron chi connectivity index (χ3n) is 4.69. The van der Waals surface area contributed by atoms with E-state index in [2.05, 4.69) is 20.8 Å². The molecule has 0 aliphatic heterocycles. The molecule has 2 N–H and O–H groups in total. The van der Waals surface area contributed by atoms with E-state index in [4.69, 9.17) is 4.74 Å². The average molecular weight is 529 g/mol. The van der Waals surface area contributed by atoms with Crippen molar-refractivity contribution >= 4 is 62.1 Å². The summed E-state index contributed by atoms with van der Waals surface area (Å²) >= 11 is 3.75. The summed E-state index contributed by atoms with van der Waals surface area (Å²) in [6.07, 6.45) is 0. The average Bonchev–Trinajstić information content (AvgIpc) is 3.48. The summed E-state index contributed by atoms with van der Waals surface area (Å²) in [6, 6.07) is 17.6. The maximum atomic E-state index is 13.9. The van der Waals surface area contributed by atoms with E-state index in [1.165, 1.54) is 40.5 Å². The van der Waals surface area contributed by atoms with E-state index in [9.17, 15) is 14.0 Å². The third kappa shape index (κ3) is 6.24. The topological polar surface area (TPSA) is 93.2 Å². The molecule has 11 heteroatoms. The van der Waals surface area contributed by atoms with Crippen molar-refractivity contribution in [2.24, 2.45) is 0 Å². The Balaban J connectivity index is 1.45. The summed E-state index contributed by atoms with van der Waals surface area (Å²) in [4.78, 5) is 26.3. The van der Waals surface area contributed by atoms with Crippen LogP contribution in [-0.4, -0.2) is 33.9 Å². The number of carbonyl (C=O) groups is 2. The molecule has 7 nitrogen and oxygen atoms in total. The van der Waals surface area contributed by atoms with E-state index >= 15 is 0 Å². The van der Waals surface area contributed by atoms with Crippen LogP contribution >= 0.6 is 34.4 Å². The first-order valence-corrected chi connectivity index (χ1v) is 13.1. The number of esters is 1. The fourth-order valence-electron chi connectivity index (χ4n) is 2.99. The molecule has 0 bridgehead atoms. The molecule has 0 saturated carbocycles. The number of aromatic nitrogens is 2. The summed E-state index contributed by atoms with van der Waals surface area (Å²) in [5.41, 5.74) is 1.55. The molecule has 4 rings (SSSR count). The van der Waals surface area contributed by atoms with Gasteiger partial charge in [-0.1, -0.05) is 65.6 Å². The summed E-state index contributed by atoms with van der Waals surface area (Å²) in [6.45, 7) is 3.70. The maximum absolute atomic E-state index is 13.9. The molecule has 0 fully saturated rings. The van der Waals surface area contributed by atoms with Crippen molar-refractivity contribution in [1.82, 2.24) is 10.2 Å². The highest BCUT2D eigenvalue weighted by Gasteiger charge is 2.23. The van der Waals surface area contributed by atoms with Gasteiger partial charge in [0.25, 0.3) is 0 Å². The van der Waals surface area contributed by atoms with Crippen LogP contribution in [-0.2, 0) is 9.53 Å². The number of benzene rings is 2. The van der Waals surface area contributed by atoms with Crippen LogP contribution in [0.25, 0.3) is 10.4 Å². The number of amides is 1. The first-order chi connectivity index (χ1) is 16.9. The van der Waals surface area contributed by atoms with Gasteiger partial charge in [0.2, 0.25) is 11.0 Å². The first-order valence-electron chi connectivity index (χ1n) is 10.6. The molecule has 0 unspecified atom stereocenters. The molecule has 1 atom stereocenters. The van der Waals surface area contributed by atoms with Crippen molar-refractivity contribution in [2.45, 2.75) is 23.4 Å². The van der Waals surface area contributed by atoms with Crippen molar-refractivity contribution in [3.8, 4) is 10.4 Å². The number of thioether (sulfide) groups is 1. The van der Waals surface area contributed by atoms with E-state index in [0.717, 1.165) is 10.4 Å². The second-order valence-electron chi connectivity index (χ2n) is 7.17. The number of anilines is 3. The minimum Gasteiger partial charge on any atom is -0.462 e. The molecular weight excluding hydrogens is 507 g/mol. The van der Waals surface area contributed by atoms with Gasteiger partial charge in [0.15, 0.2) is 4.34 Å². The Hall–Kier alpha value is -3.28. The Bertz CT molecular complexity index is 1330. The van der Waals surface area contributed by atoms with Crippen molar-refractivity contribution in [2.75, 3.05) is 17.2 Å². The summed E-state index contributed by atoms with van der Waals surface area (Å²) < 4.78 is 19.6. The van der Waals surface area contributed by atoms with E-state index in [1.54, 1.807) is 38.1 Å². The Morgan fingerprint density at radius 1 is 1.09 bits per heavy atom. The highest BCUT2D eigenvalue weighted by atomic mass is 32.2. The van der Waals surface area contributed by atoms with Gasteiger partial charge in [-0.25, -0.2) is 9.18 Å². The number of halogens is 1. The Morgan fingerprint density at radius 3 is 2.57 bits per heavy atom. The van der Waals surface area contributed by atoms with Gasteiger partial charge in [0, 0.05) is 4.88 Å². The van der Waals surface area contributed by atoms with Crippen LogP contribution in [0.3, 0.4) is 0 Å². The van der Waals surface area contributed by atoms with Crippen LogP contribution in [0.5, 0.6) is 0 Å². The SMILES string of the molecule is CCOC(=O)c1cc(-c2ccccc2)sc1NC(=O)[C@@H](C)Sc1nnc(Nc2ccccc2F)s1. The number of carbonyl (C=O) groups excluding carboxylic acids is 2. The molecule has 0 radical (unpaired) electrons. The first kappa shape index (κ1) is 24.8. The predicted octanol–water partition coefficient (Wildman–Crippen LogP) is 6.45. The minimum absolute atomic E-state index is 0.231. The Morgan fingerprint density at radius 2 is 1.83 bits per heavy atom. The highest BCUT2D eigenvalue weighted by Crippen LogP contribution is 2.37. The summed E-state index contributed by atoms with van der Waals surface area (Å²) in [5.74, 6) is -1.18. The molecule has 0 spiro atoms. The zero-order valence-electron chi connectivity index (χ0n) is 18.8. The maximum Gasteiger partial charge on any atom is 0.341 e. The lowest BCUT2D eigenvalue weighted by molar-refractivity contribution is -0.115. The standard InChI is InChI=1S/C24H21FN4O3S3/c1-3-32-22(31)16-13-19(15-9-5-4-6-10-15)34-21(16)27-20(30)14(2)33-24-29-28-23(35-24)26-18-12-8-7-11-17(18)25/h4-14H,3H2,1-2H3,(H,26,28)(H,27,30)/t14-/m1/s1. The van der Waals surface area contributed by atoms with Crippen LogP contribution in [0, 0.1) is 5.82 Å². The van der Waals surface area contributed by atoms with Gasteiger partial charge in [-0.3, -0.25) is 4.79 Å². The van der Waals surface area contributed by atoms with Crippen LogP contribution in [0.15, 0.2) is 65.0 Å². The van der Waals surface area contributed by atoms with Crippen LogP contribution in [0.1, 0.15) is 24.2 Å². The number of para-hydroxylation sites is 1. The lowest BCUT2D eigenvalue weighted by Gasteiger charge is -2.10. The van der Waals surface area contributed by atoms with E-state index < -0.39 is 17.0 Å². The Kier molecular flexibility index (Phi) is 8.11. The molecule has 2 aromatic carbocycles. The van der Waals surface area contributed by atoms with Gasteiger partial charge in [-0.15, -0.1) is 21.5 Å². The number of hydrogen-bond donors (Lipinski definition) is 2. The molecule has 1 amide bonds. The molecule has 35 heavy (non-hydrogen) atoms. The molecule has 2 heterocycles. The second kappa shape index (κ2) is 11.4. The van der Waals surface area contributed by atoms with Gasteiger partial charge < -0.3 is 15.4 Å². The molecule has 0 aliphatic carbocycles. The number of thiophene rings is 1. The van der Waals surface area contributed by atoms with Gasteiger partial charge >= 0.3 is 5.97 Å². The molecule has 0 aliphatic rings. The Labute approximate surface area is 213 Å². The molecule has 4 aromatic rings. The van der Waals surface area contributed by atoms with Crippen LogP contribution < -0.4 is 10.6 Å². The minimum atomic E-state index is -0.526. The quantitative estimate of drug-likeness (QED) is 0.191. The summed E-state index contributed by atoms with van der Waals surface area (Å²) in [7, 11) is 0. The monoisotopic (exact) mass is 528 g/mol. The van der Waals surface area contributed by atoms with Crippen LogP contribution in [0.4, 0.5) is 20.2 Å². The largest absolute Gasteiger partial charge is 0.462 e. The molecule has 2 aromatic heterocycles. The van der Waals surface area contributed by atoms with Gasteiger partial charge in [-0.2, -0.15) is 0 Å². The van der Waals surface area contributed by atoms with Gasteiger partial charge in [0.05, 0.1) is 23.1 Å². The number of hydrogen-bond acceptors (Lipinski definition) is 9. The van der Waals surface area contributed by atoms with Gasteiger partial charge in [0.1, 0.15) is 10.8 Å². The fraction of sp³-hybridized carbons (Fsp3) is 0.167. The molecular formula is C24H21FN4O3S3.